The second-order valence-electron chi connectivity index (χ2n) is 1.43. The Morgan fingerprint density at radius 3 is 2.56 bits per heavy atom. The second-order valence-corrected chi connectivity index (χ2v) is 1.43. The lowest BCUT2D eigenvalue weighted by molar-refractivity contribution is 0.567. The van der Waals surface area contributed by atoms with Crippen LogP contribution in [0.2, 0.25) is 0 Å². The molecule has 3 N–H and O–H groups in total. The normalized spacial score (nSPS) is 8.00. The molecule has 3 nitrogen and oxygen atoms in total. The van der Waals surface area contributed by atoms with Gasteiger partial charge in [0.2, 0.25) is 0 Å². The Labute approximate surface area is 58.8 Å². The third kappa shape index (κ3) is 1.77. The minimum atomic E-state index is 0. The highest BCUT2D eigenvalue weighted by Gasteiger charge is 1.93. The minimum Gasteiger partial charge on any atom is -0.472 e. The Hall–Kier alpha value is -0.960. The van der Waals surface area contributed by atoms with Crippen molar-refractivity contribution in [1.29, 1.82) is 5.41 Å². The van der Waals surface area contributed by atoms with Gasteiger partial charge in [-0.1, -0.05) is 0 Å². The molecular formula is C5H7ClN2O. The van der Waals surface area contributed by atoms with Crippen LogP contribution < -0.4 is 5.73 Å². The lowest BCUT2D eigenvalue weighted by atomic mass is 10.3. The third-order valence-electron chi connectivity index (χ3n) is 0.832. The van der Waals surface area contributed by atoms with Gasteiger partial charge in [0.25, 0.3) is 0 Å². The second kappa shape index (κ2) is 3.14. The zero-order valence-corrected chi connectivity index (χ0v) is 5.44. The molecule has 1 aromatic heterocycles. The van der Waals surface area contributed by atoms with Crippen molar-refractivity contribution in [2.45, 2.75) is 0 Å². The van der Waals surface area contributed by atoms with Gasteiger partial charge in [0.1, 0.15) is 12.1 Å². The molecule has 0 saturated carbocycles. The largest absolute Gasteiger partial charge is 0.472 e. The van der Waals surface area contributed by atoms with Crippen LogP contribution in [0.25, 0.3) is 0 Å². The molecule has 4 heteroatoms. The molecule has 0 aromatic carbocycles. The summed E-state index contributed by atoms with van der Waals surface area (Å²) in [6.07, 6.45) is 2.92. The summed E-state index contributed by atoms with van der Waals surface area (Å²) in [6, 6.07) is 1.64. The van der Waals surface area contributed by atoms with E-state index in [1.54, 1.807) is 6.07 Å². The van der Waals surface area contributed by atoms with Crippen LogP contribution in [-0.4, -0.2) is 5.84 Å². The van der Waals surface area contributed by atoms with Crippen molar-refractivity contribution in [3.05, 3.63) is 24.2 Å². The zero-order chi connectivity index (χ0) is 5.98. The molecule has 0 aliphatic carbocycles. The topological polar surface area (TPSA) is 63.0 Å². The van der Waals surface area contributed by atoms with E-state index in [1.807, 2.05) is 0 Å². The van der Waals surface area contributed by atoms with Crippen molar-refractivity contribution >= 4 is 18.2 Å². The third-order valence-corrected chi connectivity index (χ3v) is 0.832. The smallest absolute Gasteiger partial charge is 0.126 e. The molecule has 0 amide bonds. The summed E-state index contributed by atoms with van der Waals surface area (Å²) in [7, 11) is 0. The van der Waals surface area contributed by atoms with E-state index in [9.17, 15) is 0 Å². The average Bonchev–Trinajstić information content (AvgIpc) is 2.12. The molecule has 0 atom stereocenters. The summed E-state index contributed by atoms with van der Waals surface area (Å²) in [6.45, 7) is 0. The summed E-state index contributed by atoms with van der Waals surface area (Å²) in [5.41, 5.74) is 5.71. The predicted molar refractivity (Wildman–Crippen MR) is 37.0 cm³/mol. The monoisotopic (exact) mass is 146 g/mol. The Kier molecular flexibility index (Phi) is 2.81. The zero-order valence-electron chi connectivity index (χ0n) is 4.63. The van der Waals surface area contributed by atoms with E-state index < -0.39 is 0 Å². The molecule has 1 rings (SSSR count). The molecule has 0 bridgehead atoms. The molecule has 1 aromatic rings. The number of nitrogens with one attached hydrogen (secondary N) is 1. The summed E-state index contributed by atoms with van der Waals surface area (Å²) >= 11 is 0. The molecular weight excluding hydrogens is 140 g/mol. The van der Waals surface area contributed by atoms with Crippen molar-refractivity contribution in [3.8, 4) is 0 Å². The van der Waals surface area contributed by atoms with Gasteiger partial charge < -0.3 is 10.2 Å². The van der Waals surface area contributed by atoms with Gasteiger partial charge in [-0.3, -0.25) is 5.41 Å². The van der Waals surface area contributed by atoms with E-state index >= 15 is 0 Å². The molecule has 0 radical (unpaired) electrons. The van der Waals surface area contributed by atoms with E-state index in [-0.39, 0.29) is 18.2 Å². The highest BCUT2D eigenvalue weighted by Crippen LogP contribution is 1.95. The van der Waals surface area contributed by atoms with E-state index in [2.05, 4.69) is 4.42 Å². The molecule has 0 unspecified atom stereocenters. The lowest BCUT2D eigenvalue weighted by Gasteiger charge is -1.83. The van der Waals surface area contributed by atoms with Crippen molar-refractivity contribution in [2.75, 3.05) is 0 Å². The molecule has 0 spiro atoms. The fourth-order valence-electron chi connectivity index (χ4n) is 0.418. The van der Waals surface area contributed by atoms with Crippen LogP contribution in [-0.2, 0) is 0 Å². The van der Waals surface area contributed by atoms with Crippen LogP contribution in [0.3, 0.4) is 0 Å². The number of hydrogen-bond donors (Lipinski definition) is 2. The first-order valence-corrected chi connectivity index (χ1v) is 2.17. The first-order valence-electron chi connectivity index (χ1n) is 2.17. The van der Waals surface area contributed by atoms with Gasteiger partial charge in [-0.2, -0.15) is 0 Å². The predicted octanol–water partition coefficient (Wildman–Crippen LogP) is 0.985. The minimum absolute atomic E-state index is 0. The van der Waals surface area contributed by atoms with Crippen LogP contribution in [0.4, 0.5) is 0 Å². The number of hydrogen-bond acceptors (Lipinski definition) is 2. The Balaban J connectivity index is 0.000000640. The van der Waals surface area contributed by atoms with Gasteiger partial charge >= 0.3 is 0 Å². The van der Waals surface area contributed by atoms with E-state index in [0.717, 1.165) is 0 Å². The van der Waals surface area contributed by atoms with Gasteiger partial charge in [-0.15, -0.1) is 12.4 Å². The fraction of sp³-hybridized carbons (Fsp3) is 0. The maximum Gasteiger partial charge on any atom is 0.126 e. The molecule has 0 aliphatic heterocycles. The van der Waals surface area contributed by atoms with E-state index in [4.69, 9.17) is 11.1 Å². The van der Waals surface area contributed by atoms with Crippen LogP contribution in [0, 0.1) is 5.41 Å². The quantitative estimate of drug-likeness (QED) is 0.458. The van der Waals surface area contributed by atoms with Crippen LogP contribution >= 0.6 is 12.4 Å². The number of nitrogen functional groups attached to an aromatic ring is 1. The lowest BCUT2D eigenvalue weighted by Crippen LogP contribution is -2.08. The summed E-state index contributed by atoms with van der Waals surface area (Å²) < 4.78 is 4.65. The van der Waals surface area contributed by atoms with E-state index in [1.165, 1.54) is 12.5 Å². The number of furan rings is 1. The summed E-state index contributed by atoms with van der Waals surface area (Å²) in [5, 5.41) is 6.87. The fourth-order valence-corrected chi connectivity index (χ4v) is 0.418. The van der Waals surface area contributed by atoms with Gasteiger partial charge in [0, 0.05) is 0 Å². The molecule has 50 valence electrons. The van der Waals surface area contributed by atoms with Gasteiger partial charge in [-0.25, -0.2) is 0 Å². The average molecular weight is 147 g/mol. The standard InChI is InChI=1S/C5H6N2O.ClH/c6-5(7)4-1-2-8-3-4;/h1-3H,(H3,6,7);1H. The Morgan fingerprint density at radius 2 is 2.33 bits per heavy atom. The molecule has 1 heterocycles. The highest BCUT2D eigenvalue weighted by atomic mass is 35.5. The molecule has 0 aliphatic rings. The maximum absolute atomic E-state index is 6.87. The maximum atomic E-state index is 6.87. The van der Waals surface area contributed by atoms with Crippen LogP contribution in [0.1, 0.15) is 5.56 Å². The molecule has 0 saturated heterocycles. The van der Waals surface area contributed by atoms with Crippen molar-refractivity contribution < 1.29 is 4.42 Å². The van der Waals surface area contributed by atoms with Crippen molar-refractivity contribution in [1.82, 2.24) is 0 Å². The molecule has 0 fully saturated rings. The number of halogens is 1. The first kappa shape index (κ1) is 8.04. The Bertz CT molecular complexity index is 183. The van der Waals surface area contributed by atoms with Crippen molar-refractivity contribution in [3.63, 3.8) is 0 Å². The van der Waals surface area contributed by atoms with Crippen molar-refractivity contribution in [2.24, 2.45) is 5.73 Å². The van der Waals surface area contributed by atoms with Crippen LogP contribution in [0.15, 0.2) is 23.0 Å². The van der Waals surface area contributed by atoms with Gasteiger partial charge in [-0.05, 0) is 6.07 Å². The molecule has 9 heavy (non-hydrogen) atoms. The van der Waals surface area contributed by atoms with E-state index in [0.29, 0.717) is 5.56 Å². The van der Waals surface area contributed by atoms with Gasteiger partial charge in [0.15, 0.2) is 0 Å². The van der Waals surface area contributed by atoms with Crippen LogP contribution in [0.5, 0.6) is 0 Å². The van der Waals surface area contributed by atoms with Gasteiger partial charge in [0.05, 0.1) is 11.8 Å². The SMILES string of the molecule is Cl.N=C(N)c1ccoc1. The number of amidine groups is 1. The summed E-state index contributed by atoms with van der Waals surface area (Å²) in [4.78, 5) is 0. The first-order chi connectivity index (χ1) is 3.80. The number of nitrogens with two attached hydrogens (primary N) is 1. The number of rotatable bonds is 1. The highest BCUT2D eigenvalue weighted by molar-refractivity contribution is 5.94. The summed E-state index contributed by atoms with van der Waals surface area (Å²) in [5.74, 6) is 0.0405. The Morgan fingerprint density at radius 1 is 1.67 bits per heavy atom.